The molecule has 0 aliphatic heterocycles. The third-order valence-corrected chi connectivity index (χ3v) is 0. The second-order valence-corrected chi connectivity index (χ2v) is 0. The molecule has 0 heterocycles. The number of hydrogen-bond acceptors (Lipinski definition) is 0. The fourth-order valence-corrected chi connectivity index (χ4v) is 0. The molecule has 0 aliphatic rings. The molecule has 0 aliphatic carbocycles. The van der Waals surface area contributed by atoms with Gasteiger partial charge in [0.15, 0.2) is 0 Å². The summed E-state index contributed by atoms with van der Waals surface area (Å²) in [4.78, 5) is 0. The first-order valence-corrected chi connectivity index (χ1v) is 0. The van der Waals surface area contributed by atoms with E-state index in [-0.39, 0.29) is 108 Å². The first kappa shape index (κ1) is 41.7. The maximum absolute atomic E-state index is 0. The average Bonchev–Trinajstić information content (AvgIpc) is 0. The van der Waals surface area contributed by atoms with Crippen molar-refractivity contribution in [3.8, 4) is 0 Å². The molecule has 0 aromatic heterocycles. The van der Waals surface area contributed by atoms with Crippen LogP contribution < -0.4 is 0 Å². The molecule has 0 rings (SSSR count). The van der Waals surface area contributed by atoms with E-state index in [1.165, 1.54) is 0 Å². The maximum Gasteiger partial charge on any atom is 0 e. The summed E-state index contributed by atoms with van der Waals surface area (Å²) in [5, 5.41) is 0. The van der Waals surface area contributed by atoms with Gasteiger partial charge in [0.2, 0.25) is 0 Å². The SMILES string of the molecule is O.O.[Ca].[Na].[Na]. The van der Waals surface area contributed by atoms with Crippen LogP contribution >= 0.6 is 0 Å². The monoisotopic (exact) mass is 122 g/mol. The zero-order valence-electron chi connectivity index (χ0n) is 3.71. The van der Waals surface area contributed by atoms with E-state index in [2.05, 4.69) is 0 Å². The van der Waals surface area contributed by atoms with Crippen molar-refractivity contribution < 1.29 is 11.0 Å². The largest absolute Gasteiger partial charge is 0.412 e. The van der Waals surface area contributed by atoms with E-state index in [0.29, 0.717) is 0 Å². The van der Waals surface area contributed by atoms with E-state index in [0.717, 1.165) is 0 Å². The van der Waals surface area contributed by atoms with Gasteiger partial charge in [-0.25, -0.2) is 0 Å². The number of hydrogen-bond donors (Lipinski definition) is 0. The van der Waals surface area contributed by atoms with Gasteiger partial charge in [-0.15, -0.1) is 0 Å². The molecule has 0 unspecified atom stereocenters. The zero-order chi connectivity index (χ0) is 0. The van der Waals surface area contributed by atoms with E-state index < -0.39 is 0 Å². The quantitative estimate of drug-likeness (QED) is 0.312. The second kappa shape index (κ2) is 27.1. The summed E-state index contributed by atoms with van der Waals surface area (Å²) in [6, 6.07) is 0. The Balaban J connectivity index is 0. The van der Waals surface area contributed by atoms with Gasteiger partial charge in [0.05, 0.1) is 0 Å². The van der Waals surface area contributed by atoms with Gasteiger partial charge >= 0.3 is 0 Å². The summed E-state index contributed by atoms with van der Waals surface area (Å²) in [6.07, 6.45) is 0. The van der Waals surface area contributed by atoms with Crippen LogP contribution in [0.4, 0.5) is 0 Å². The minimum absolute atomic E-state index is 0. The summed E-state index contributed by atoms with van der Waals surface area (Å²) in [5.74, 6) is 0. The van der Waals surface area contributed by atoms with Gasteiger partial charge < -0.3 is 11.0 Å². The van der Waals surface area contributed by atoms with Crippen molar-refractivity contribution >= 4 is 96.9 Å². The molecule has 5 heavy (non-hydrogen) atoms. The Bertz CT molecular complexity index is 7.61. The van der Waals surface area contributed by atoms with Crippen LogP contribution in [0.3, 0.4) is 0 Å². The topological polar surface area (TPSA) is 63.0 Å². The summed E-state index contributed by atoms with van der Waals surface area (Å²) in [6.45, 7) is 0. The predicted molar refractivity (Wildman–Crippen MR) is 24.5 cm³/mol. The van der Waals surface area contributed by atoms with E-state index in [1.54, 1.807) is 0 Å². The fourth-order valence-electron chi connectivity index (χ4n) is 0. The van der Waals surface area contributed by atoms with E-state index in [9.17, 15) is 0 Å². The average molecular weight is 122 g/mol. The van der Waals surface area contributed by atoms with Gasteiger partial charge in [-0.3, -0.25) is 0 Å². The molecule has 5 heteroatoms. The molecule has 0 amide bonds. The molecule has 0 saturated carbocycles. The van der Waals surface area contributed by atoms with Crippen LogP contribution in [0.2, 0.25) is 0 Å². The van der Waals surface area contributed by atoms with E-state index in [4.69, 9.17) is 0 Å². The van der Waals surface area contributed by atoms with Crippen molar-refractivity contribution in [3.05, 3.63) is 0 Å². The van der Waals surface area contributed by atoms with Gasteiger partial charge in [-0.1, -0.05) is 0 Å². The first-order chi connectivity index (χ1) is 0. The van der Waals surface area contributed by atoms with Crippen molar-refractivity contribution in [2.24, 2.45) is 0 Å². The van der Waals surface area contributed by atoms with Crippen molar-refractivity contribution in [1.82, 2.24) is 0 Å². The molecule has 20 valence electrons. The van der Waals surface area contributed by atoms with Crippen molar-refractivity contribution in [2.45, 2.75) is 0 Å². The van der Waals surface area contributed by atoms with Crippen LogP contribution in [0.1, 0.15) is 0 Å². The standard InChI is InChI=1S/Ca.2Na.2H2O/h;;;2*1H2. The summed E-state index contributed by atoms with van der Waals surface area (Å²) in [7, 11) is 0. The van der Waals surface area contributed by atoms with Crippen LogP contribution in [-0.4, -0.2) is 108 Å². The van der Waals surface area contributed by atoms with Gasteiger partial charge in [0.25, 0.3) is 0 Å². The molecule has 2 nitrogen and oxygen atoms in total. The third-order valence-electron chi connectivity index (χ3n) is 0. The van der Waals surface area contributed by atoms with Crippen LogP contribution in [0, 0.1) is 0 Å². The molecule has 4 radical (unpaired) electrons. The first-order valence-electron chi connectivity index (χ1n) is 0. The van der Waals surface area contributed by atoms with Crippen LogP contribution in [0.15, 0.2) is 0 Å². The Morgan fingerprint density at radius 2 is 0.600 bits per heavy atom. The Kier molecular flexibility index (Phi) is 226. The van der Waals surface area contributed by atoms with Gasteiger partial charge in [-0.05, 0) is 0 Å². The molecule has 0 aromatic carbocycles. The molecule has 0 bridgehead atoms. The maximum atomic E-state index is 0. The zero-order valence-corrected chi connectivity index (χ0v) is 9.92. The third kappa shape index (κ3) is 19.1. The van der Waals surface area contributed by atoms with Gasteiger partial charge in [0.1, 0.15) is 0 Å². The van der Waals surface area contributed by atoms with E-state index >= 15 is 0 Å². The van der Waals surface area contributed by atoms with E-state index in [1.807, 2.05) is 0 Å². The summed E-state index contributed by atoms with van der Waals surface area (Å²) in [5.41, 5.74) is 0. The fraction of sp³-hybridized carbons (Fsp3) is 0. The number of rotatable bonds is 0. The molecule has 0 saturated heterocycles. The Labute approximate surface area is 105 Å². The summed E-state index contributed by atoms with van der Waals surface area (Å²) >= 11 is 0. The molecule has 4 N–H and O–H groups in total. The van der Waals surface area contributed by atoms with Gasteiger partial charge in [0, 0.05) is 96.9 Å². The van der Waals surface area contributed by atoms with Crippen molar-refractivity contribution in [3.63, 3.8) is 0 Å². The molecule has 0 aromatic rings. The van der Waals surface area contributed by atoms with Crippen LogP contribution in [0.5, 0.6) is 0 Å². The molecule has 0 spiro atoms. The van der Waals surface area contributed by atoms with Crippen molar-refractivity contribution in [1.29, 1.82) is 0 Å². The predicted octanol–water partition coefficient (Wildman–Crippen LogP) is -2.79. The Hall–Kier alpha value is 3.18. The molecule has 0 atom stereocenters. The molecular formula is H4CaNa2O2. The van der Waals surface area contributed by atoms with Crippen LogP contribution in [0.25, 0.3) is 0 Å². The molecule has 0 fully saturated rings. The smallest absolute Gasteiger partial charge is 0 e. The van der Waals surface area contributed by atoms with Gasteiger partial charge in [-0.2, -0.15) is 0 Å². The van der Waals surface area contributed by atoms with Crippen LogP contribution in [-0.2, 0) is 0 Å². The second-order valence-electron chi connectivity index (χ2n) is 0. The Morgan fingerprint density at radius 3 is 0.600 bits per heavy atom. The normalized spacial score (nSPS) is 0. The Morgan fingerprint density at radius 1 is 0.600 bits per heavy atom. The summed E-state index contributed by atoms with van der Waals surface area (Å²) < 4.78 is 0. The minimum Gasteiger partial charge on any atom is -0.412 e. The van der Waals surface area contributed by atoms with Crippen molar-refractivity contribution in [2.75, 3.05) is 0 Å². The molecular weight excluding hydrogens is 118 g/mol. The minimum atomic E-state index is 0.